The predicted octanol–water partition coefficient (Wildman–Crippen LogP) is 2.79. The van der Waals surface area contributed by atoms with Crippen molar-refractivity contribution in [3.8, 4) is 0 Å². The summed E-state index contributed by atoms with van der Waals surface area (Å²) >= 11 is 0. The first-order chi connectivity index (χ1) is 8.38. The summed E-state index contributed by atoms with van der Waals surface area (Å²) in [6.07, 6.45) is -5.86. The lowest BCUT2D eigenvalue weighted by Gasteiger charge is -2.12. The third kappa shape index (κ3) is 5.97. The van der Waals surface area contributed by atoms with E-state index < -0.39 is 24.5 Å². The van der Waals surface area contributed by atoms with Gasteiger partial charge in [0.1, 0.15) is 5.82 Å². The van der Waals surface area contributed by atoms with Crippen LogP contribution in [0.2, 0.25) is 0 Å². The van der Waals surface area contributed by atoms with Crippen molar-refractivity contribution < 1.29 is 22.7 Å². The smallest absolute Gasteiger partial charge is 0.387 e. The molecule has 0 fully saturated rings. The van der Waals surface area contributed by atoms with Crippen molar-refractivity contribution in [2.24, 2.45) is 0 Å². The monoisotopic (exact) mass is 265 g/mol. The highest BCUT2D eigenvalue weighted by molar-refractivity contribution is 5.18. The Bertz CT molecular complexity index is 350. The molecule has 0 radical (unpaired) electrons. The molecule has 1 unspecified atom stereocenters. The molecule has 2 nitrogen and oxygen atoms in total. The number of hydrogen-bond acceptors (Lipinski definition) is 2. The minimum Gasteiger partial charge on any atom is -0.387 e. The van der Waals surface area contributed by atoms with Gasteiger partial charge in [0.2, 0.25) is 0 Å². The highest BCUT2D eigenvalue weighted by Crippen LogP contribution is 2.20. The highest BCUT2D eigenvalue weighted by Gasteiger charge is 2.25. The van der Waals surface area contributed by atoms with E-state index in [4.69, 9.17) is 0 Å². The molecule has 0 aliphatic rings. The zero-order valence-corrected chi connectivity index (χ0v) is 9.67. The van der Waals surface area contributed by atoms with Crippen molar-refractivity contribution in [3.63, 3.8) is 0 Å². The van der Waals surface area contributed by atoms with Crippen LogP contribution in [0.4, 0.5) is 17.6 Å². The molecule has 0 amide bonds. The summed E-state index contributed by atoms with van der Waals surface area (Å²) in [6, 6.07) is 5.33. The van der Waals surface area contributed by atoms with E-state index in [1.807, 2.05) is 0 Å². The number of alkyl halides is 3. The molecule has 0 bridgehead atoms. The zero-order chi connectivity index (χ0) is 13.6. The van der Waals surface area contributed by atoms with Gasteiger partial charge in [-0.1, -0.05) is 12.1 Å². The van der Waals surface area contributed by atoms with E-state index in [1.165, 1.54) is 24.3 Å². The third-order valence-electron chi connectivity index (χ3n) is 2.41. The van der Waals surface area contributed by atoms with Crippen molar-refractivity contribution in [2.75, 3.05) is 13.1 Å². The maximum atomic E-state index is 12.6. The fourth-order valence-electron chi connectivity index (χ4n) is 1.46. The van der Waals surface area contributed by atoms with E-state index in [1.54, 1.807) is 0 Å². The van der Waals surface area contributed by atoms with Crippen molar-refractivity contribution in [1.29, 1.82) is 0 Å². The van der Waals surface area contributed by atoms with Gasteiger partial charge in [0, 0.05) is 13.0 Å². The van der Waals surface area contributed by atoms with Crippen LogP contribution >= 0.6 is 0 Å². The Labute approximate surface area is 103 Å². The number of aliphatic hydroxyl groups is 1. The van der Waals surface area contributed by atoms with Crippen LogP contribution in [0.1, 0.15) is 24.5 Å². The van der Waals surface area contributed by atoms with Crippen LogP contribution in [-0.2, 0) is 0 Å². The maximum absolute atomic E-state index is 12.6. The highest BCUT2D eigenvalue weighted by atomic mass is 19.4. The molecule has 0 aliphatic heterocycles. The van der Waals surface area contributed by atoms with E-state index >= 15 is 0 Å². The summed E-state index contributed by atoms with van der Waals surface area (Å²) in [4.78, 5) is 0. The summed E-state index contributed by atoms with van der Waals surface area (Å²) < 4.78 is 48.1. The lowest BCUT2D eigenvalue weighted by Crippen LogP contribution is -2.23. The predicted molar refractivity (Wildman–Crippen MR) is 59.5 cm³/mol. The van der Waals surface area contributed by atoms with Gasteiger partial charge in [0.05, 0.1) is 6.10 Å². The molecule has 0 aliphatic carbocycles. The molecule has 1 aromatic carbocycles. The van der Waals surface area contributed by atoms with Crippen LogP contribution in [0.25, 0.3) is 0 Å². The van der Waals surface area contributed by atoms with Gasteiger partial charge in [-0.15, -0.1) is 0 Å². The molecule has 102 valence electrons. The average Bonchev–Trinajstić information content (AvgIpc) is 2.27. The number of halogens is 4. The molecular weight excluding hydrogens is 250 g/mol. The Morgan fingerprint density at radius 3 is 2.33 bits per heavy atom. The molecule has 6 heteroatoms. The van der Waals surface area contributed by atoms with Crippen molar-refractivity contribution in [2.45, 2.75) is 25.1 Å². The number of benzene rings is 1. The average molecular weight is 265 g/mol. The van der Waals surface area contributed by atoms with Crippen LogP contribution in [0.5, 0.6) is 0 Å². The topological polar surface area (TPSA) is 32.3 Å². The molecular formula is C12H15F4NO. The first-order valence-electron chi connectivity index (χ1n) is 5.59. The van der Waals surface area contributed by atoms with Crippen LogP contribution in [0.3, 0.4) is 0 Å². The summed E-state index contributed by atoms with van der Waals surface area (Å²) in [5.74, 6) is -0.399. The van der Waals surface area contributed by atoms with Crippen molar-refractivity contribution in [3.05, 3.63) is 35.6 Å². The third-order valence-corrected chi connectivity index (χ3v) is 2.41. The lowest BCUT2D eigenvalue weighted by molar-refractivity contribution is -0.135. The van der Waals surface area contributed by atoms with E-state index in [2.05, 4.69) is 5.32 Å². The first-order valence-corrected chi connectivity index (χ1v) is 5.59. The molecule has 1 atom stereocenters. The lowest BCUT2D eigenvalue weighted by atomic mass is 10.1. The summed E-state index contributed by atoms with van der Waals surface area (Å²) in [5, 5.41) is 12.4. The zero-order valence-electron chi connectivity index (χ0n) is 9.67. The van der Waals surface area contributed by atoms with Crippen LogP contribution in [0, 0.1) is 5.82 Å². The van der Waals surface area contributed by atoms with Gasteiger partial charge in [-0.2, -0.15) is 13.2 Å². The Kier molecular flexibility index (Phi) is 5.55. The van der Waals surface area contributed by atoms with Crippen molar-refractivity contribution >= 4 is 0 Å². The molecule has 0 saturated heterocycles. The van der Waals surface area contributed by atoms with E-state index in [9.17, 15) is 22.7 Å². The SMILES string of the molecule is OC(CNCCCC(F)(F)F)c1ccc(F)cc1. The summed E-state index contributed by atoms with van der Waals surface area (Å²) in [7, 11) is 0. The maximum Gasteiger partial charge on any atom is 0.389 e. The molecule has 1 rings (SSSR count). The van der Waals surface area contributed by atoms with Gasteiger partial charge < -0.3 is 10.4 Å². The molecule has 0 heterocycles. The molecule has 0 aromatic heterocycles. The first kappa shape index (κ1) is 14.9. The minimum absolute atomic E-state index is 0.0281. The van der Waals surface area contributed by atoms with E-state index in [-0.39, 0.29) is 19.5 Å². The fourth-order valence-corrected chi connectivity index (χ4v) is 1.46. The normalized spacial score (nSPS) is 13.6. The molecule has 0 spiro atoms. The number of hydrogen-bond donors (Lipinski definition) is 2. The number of rotatable bonds is 6. The second-order valence-electron chi connectivity index (χ2n) is 3.99. The van der Waals surface area contributed by atoms with Gasteiger partial charge in [0.15, 0.2) is 0 Å². The van der Waals surface area contributed by atoms with Gasteiger partial charge in [-0.05, 0) is 30.7 Å². The van der Waals surface area contributed by atoms with Crippen LogP contribution in [0.15, 0.2) is 24.3 Å². The Morgan fingerprint density at radius 1 is 1.17 bits per heavy atom. The van der Waals surface area contributed by atoms with Gasteiger partial charge in [-0.25, -0.2) is 4.39 Å². The second kappa shape index (κ2) is 6.70. The van der Waals surface area contributed by atoms with E-state index in [0.29, 0.717) is 5.56 Å². The summed E-state index contributed by atoms with van der Waals surface area (Å²) in [5.41, 5.74) is 0.528. The quantitative estimate of drug-likeness (QED) is 0.612. The van der Waals surface area contributed by atoms with Gasteiger partial charge >= 0.3 is 6.18 Å². The molecule has 2 N–H and O–H groups in total. The summed E-state index contributed by atoms with van der Waals surface area (Å²) in [6.45, 7) is 0.321. The van der Waals surface area contributed by atoms with E-state index in [0.717, 1.165) is 0 Å². The van der Waals surface area contributed by atoms with Gasteiger partial charge in [0.25, 0.3) is 0 Å². The Morgan fingerprint density at radius 2 is 1.78 bits per heavy atom. The number of aliphatic hydroxyl groups excluding tert-OH is 1. The molecule has 1 aromatic rings. The number of nitrogens with one attached hydrogen (secondary N) is 1. The van der Waals surface area contributed by atoms with Gasteiger partial charge in [-0.3, -0.25) is 0 Å². The fraction of sp³-hybridized carbons (Fsp3) is 0.500. The van der Waals surface area contributed by atoms with Crippen molar-refractivity contribution in [1.82, 2.24) is 5.32 Å². The van der Waals surface area contributed by atoms with Crippen LogP contribution in [-0.4, -0.2) is 24.4 Å². The second-order valence-corrected chi connectivity index (χ2v) is 3.99. The molecule has 0 saturated carbocycles. The largest absolute Gasteiger partial charge is 0.389 e. The van der Waals surface area contributed by atoms with Crippen LogP contribution < -0.4 is 5.32 Å². The molecule has 18 heavy (non-hydrogen) atoms. The minimum atomic E-state index is -4.14. The standard InChI is InChI=1S/C12H15F4NO/c13-10-4-2-9(3-5-10)11(18)8-17-7-1-6-12(14,15)16/h2-5,11,17-18H,1,6-8H2. The Hall–Kier alpha value is -1.14. The Balaban J connectivity index is 2.21.